The highest BCUT2D eigenvalue weighted by Crippen LogP contribution is 2.74. The molecule has 4 fully saturated rings. The van der Waals surface area contributed by atoms with Crippen LogP contribution < -0.4 is 0 Å². The van der Waals surface area contributed by atoms with E-state index in [0.29, 0.717) is 34.4 Å². The molecule has 0 bridgehead atoms. The van der Waals surface area contributed by atoms with Crippen molar-refractivity contribution in [2.45, 2.75) is 93.9 Å². The summed E-state index contributed by atoms with van der Waals surface area (Å²) < 4.78 is 0. The Labute approximate surface area is 162 Å². The molecule has 26 heavy (non-hydrogen) atoms. The molecule has 9 atom stereocenters. The second-order valence-corrected chi connectivity index (χ2v) is 12.5. The predicted molar refractivity (Wildman–Crippen MR) is 109 cm³/mol. The molecule has 0 spiro atoms. The van der Waals surface area contributed by atoms with E-state index in [0.717, 1.165) is 24.2 Å². The van der Waals surface area contributed by atoms with E-state index in [2.05, 4.69) is 55.4 Å². The number of Topliss-reactive ketones (excluding diaryl/α,β-unsaturated/α-hetero) is 1. The van der Waals surface area contributed by atoms with Crippen molar-refractivity contribution in [1.82, 2.24) is 0 Å². The maximum Gasteiger partial charge on any atom is 0.137 e. The Morgan fingerprint density at radius 1 is 0.885 bits per heavy atom. The number of rotatable bonds is 0. The Kier molecular flexibility index (Phi) is 3.94. The molecular formula is C25H42O. The first-order valence-corrected chi connectivity index (χ1v) is 11.4. The topological polar surface area (TPSA) is 17.1 Å². The smallest absolute Gasteiger partial charge is 0.137 e. The number of fused-ring (bicyclic) bond motifs is 5. The normalized spacial score (nSPS) is 58.7. The molecule has 1 heteroatoms. The first kappa shape index (κ1) is 19.0. The van der Waals surface area contributed by atoms with Crippen LogP contribution in [0.25, 0.3) is 0 Å². The van der Waals surface area contributed by atoms with Gasteiger partial charge >= 0.3 is 0 Å². The van der Waals surface area contributed by atoms with Crippen molar-refractivity contribution in [3.05, 3.63) is 0 Å². The molecular weight excluding hydrogens is 316 g/mol. The Hall–Kier alpha value is -0.330. The molecule has 0 amide bonds. The van der Waals surface area contributed by atoms with E-state index >= 15 is 0 Å². The molecule has 0 radical (unpaired) electrons. The van der Waals surface area contributed by atoms with Gasteiger partial charge in [0, 0.05) is 12.3 Å². The van der Waals surface area contributed by atoms with E-state index in [4.69, 9.17) is 0 Å². The first-order valence-electron chi connectivity index (χ1n) is 11.4. The first-order chi connectivity index (χ1) is 11.9. The standard InChI is InChI=1S/C25H42O/c1-15-11-17(3)25(8)21-18(12-16(2)23(25,6)13-15)19-9-10-22(4,5)24(19,7)14-20(21)26/h15-19,21H,9-14H2,1-8H3. The maximum absolute atomic E-state index is 13.8. The zero-order chi connectivity index (χ0) is 19.3. The van der Waals surface area contributed by atoms with Crippen LogP contribution in [-0.4, -0.2) is 5.78 Å². The Morgan fingerprint density at radius 2 is 1.54 bits per heavy atom. The van der Waals surface area contributed by atoms with Gasteiger partial charge in [0.05, 0.1) is 0 Å². The van der Waals surface area contributed by atoms with Crippen LogP contribution in [-0.2, 0) is 4.79 Å². The summed E-state index contributed by atoms with van der Waals surface area (Å²) in [4.78, 5) is 13.8. The zero-order valence-electron chi connectivity index (χ0n) is 18.6. The monoisotopic (exact) mass is 358 g/mol. The van der Waals surface area contributed by atoms with Crippen LogP contribution >= 0.6 is 0 Å². The minimum atomic E-state index is 0.187. The lowest BCUT2D eigenvalue weighted by molar-refractivity contribution is -0.208. The molecule has 0 N–H and O–H groups in total. The molecule has 4 rings (SSSR count). The van der Waals surface area contributed by atoms with Gasteiger partial charge in [0.25, 0.3) is 0 Å². The third kappa shape index (κ3) is 2.02. The SMILES string of the molecule is CC1CC(C)C2(C)C3C(=O)CC4(C)C(CCC4(C)C)C3CC(C)C2(C)C1. The van der Waals surface area contributed by atoms with E-state index in [9.17, 15) is 4.79 Å². The number of hydrogen-bond acceptors (Lipinski definition) is 1. The summed E-state index contributed by atoms with van der Waals surface area (Å²) in [5, 5.41) is 0. The van der Waals surface area contributed by atoms with Crippen molar-refractivity contribution in [3.8, 4) is 0 Å². The molecule has 1 nitrogen and oxygen atoms in total. The minimum absolute atomic E-state index is 0.187. The highest BCUT2D eigenvalue weighted by molar-refractivity contribution is 5.84. The predicted octanol–water partition coefficient (Wildman–Crippen LogP) is 6.75. The highest BCUT2D eigenvalue weighted by Gasteiger charge is 2.69. The van der Waals surface area contributed by atoms with Crippen molar-refractivity contribution < 1.29 is 4.79 Å². The van der Waals surface area contributed by atoms with E-state index in [1.807, 2.05) is 0 Å². The van der Waals surface area contributed by atoms with Gasteiger partial charge in [-0.15, -0.1) is 0 Å². The summed E-state index contributed by atoms with van der Waals surface area (Å²) in [5.41, 5.74) is 1.05. The van der Waals surface area contributed by atoms with Crippen molar-refractivity contribution in [2.24, 2.45) is 57.2 Å². The second kappa shape index (κ2) is 5.38. The van der Waals surface area contributed by atoms with Gasteiger partial charge in [-0.25, -0.2) is 0 Å². The summed E-state index contributed by atoms with van der Waals surface area (Å²) in [6, 6.07) is 0. The van der Waals surface area contributed by atoms with Gasteiger partial charge in [0.2, 0.25) is 0 Å². The zero-order valence-corrected chi connectivity index (χ0v) is 18.6. The Morgan fingerprint density at radius 3 is 2.19 bits per heavy atom. The lowest BCUT2D eigenvalue weighted by Gasteiger charge is -2.69. The Bertz CT molecular complexity index is 620. The average molecular weight is 359 g/mol. The van der Waals surface area contributed by atoms with Gasteiger partial charge in [-0.2, -0.15) is 0 Å². The Balaban J connectivity index is 1.82. The summed E-state index contributed by atoms with van der Waals surface area (Å²) in [6.07, 6.45) is 7.41. The molecule has 0 aliphatic heterocycles. The third-order valence-corrected chi connectivity index (χ3v) is 11.4. The summed E-state index contributed by atoms with van der Waals surface area (Å²) in [5.74, 6) is 4.54. The van der Waals surface area contributed by atoms with E-state index in [1.165, 1.54) is 32.1 Å². The van der Waals surface area contributed by atoms with Crippen LogP contribution in [0.3, 0.4) is 0 Å². The van der Waals surface area contributed by atoms with Crippen molar-refractivity contribution in [3.63, 3.8) is 0 Å². The van der Waals surface area contributed by atoms with Gasteiger partial charge < -0.3 is 0 Å². The molecule has 0 aromatic carbocycles. The van der Waals surface area contributed by atoms with E-state index in [-0.39, 0.29) is 10.8 Å². The number of hydrogen-bond donors (Lipinski definition) is 0. The highest BCUT2D eigenvalue weighted by atomic mass is 16.1. The van der Waals surface area contributed by atoms with Crippen molar-refractivity contribution in [1.29, 1.82) is 0 Å². The third-order valence-electron chi connectivity index (χ3n) is 11.4. The van der Waals surface area contributed by atoms with Gasteiger partial charge in [0.15, 0.2) is 0 Å². The van der Waals surface area contributed by atoms with Crippen molar-refractivity contribution in [2.75, 3.05) is 0 Å². The van der Waals surface area contributed by atoms with Crippen LogP contribution in [0.15, 0.2) is 0 Å². The lowest BCUT2D eigenvalue weighted by Crippen LogP contribution is -2.65. The van der Waals surface area contributed by atoms with Crippen molar-refractivity contribution >= 4 is 5.78 Å². The molecule has 0 aromatic heterocycles. The number of carbonyl (C=O) groups excluding carboxylic acids is 1. The molecule has 0 saturated heterocycles. The van der Waals surface area contributed by atoms with Gasteiger partial charge in [0.1, 0.15) is 5.78 Å². The number of carbonyl (C=O) groups is 1. The van der Waals surface area contributed by atoms with E-state index < -0.39 is 0 Å². The fourth-order valence-corrected chi connectivity index (χ4v) is 9.20. The molecule has 4 saturated carbocycles. The average Bonchev–Trinajstić information content (AvgIpc) is 2.73. The minimum Gasteiger partial charge on any atom is -0.299 e. The molecule has 0 heterocycles. The quantitative estimate of drug-likeness (QED) is 0.468. The molecule has 0 aromatic rings. The van der Waals surface area contributed by atoms with Gasteiger partial charge in [-0.3, -0.25) is 4.79 Å². The molecule has 148 valence electrons. The fourth-order valence-electron chi connectivity index (χ4n) is 9.20. The molecule has 9 unspecified atom stereocenters. The fraction of sp³-hybridized carbons (Fsp3) is 0.960. The van der Waals surface area contributed by atoms with Crippen LogP contribution in [0.2, 0.25) is 0 Å². The summed E-state index contributed by atoms with van der Waals surface area (Å²) in [7, 11) is 0. The van der Waals surface area contributed by atoms with Crippen LogP contribution in [0.1, 0.15) is 93.9 Å². The van der Waals surface area contributed by atoms with Crippen LogP contribution in [0, 0.1) is 57.2 Å². The number of ketones is 1. The largest absolute Gasteiger partial charge is 0.299 e. The van der Waals surface area contributed by atoms with Gasteiger partial charge in [-0.1, -0.05) is 55.4 Å². The van der Waals surface area contributed by atoms with Crippen LogP contribution in [0.5, 0.6) is 0 Å². The lowest BCUT2D eigenvalue weighted by atomic mass is 9.35. The molecule has 4 aliphatic rings. The van der Waals surface area contributed by atoms with Crippen LogP contribution in [0.4, 0.5) is 0 Å². The maximum atomic E-state index is 13.8. The second-order valence-electron chi connectivity index (χ2n) is 12.5. The molecule has 4 aliphatic carbocycles. The van der Waals surface area contributed by atoms with E-state index in [1.54, 1.807) is 0 Å². The van der Waals surface area contributed by atoms with Gasteiger partial charge in [-0.05, 0) is 83.4 Å². The summed E-state index contributed by atoms with van der Waals surface area (Å²) >= 11 is 0. The summed E-state index contributed by atoms with van der Waals surface area (Å²) in [6.45, 7) is 19.9.